The third-order valence-electron chi connectivity index (χ3n) is 2.29. The van der Waals surface area contributed by atoms with Gasteiger partial charge in [-0.2, -0.15) is 48.3 Å². The summed E-state index contributed by atoms with van der Waals surface area (Å²) in [5.41, 5.74) is 0. The molecule has 0 unspecified atom stereocenters. The zero-order valence-corrected chi connectivity index (χ0v) is 13.6. The molecule has 0 aliphatic carbocycles. The van der Waals surface area contributed by atoms with Crippen molar-refractivity contribution in [2.45, 2.75) is 35.0 Å². The van der Waals surface area contributed by atoms with Crippen LogP contribution >= 0.6 is 0 Å². The van der Waals surface area contributed by atoms with E-state index in [4.69, 9.17) is 0 Å². The van der Waals surface area contributed by atoms with Gasteiger partial charge in [-0.05, 0) is 0 Å². The molecule has 0 aromatic carbocycles. The van der Waals surface area contributed by atoms with Gasteiger partial charge in [0.15, 0.2) is 0 Å². The van der Waals surface area contributed by atoms with Crippen LogP contribution in [-0.2, 0) is 20.0 Å². The molecule has 0 aliphatic rings. The average molecular weight is 471 g/mol. The Labute approximate surface area is 154 Å². The largest absolute Gasteiger partial charge is 1.00 e. The Bertz CT molecular complexity index is 749. The van der Waals surface area contributed by atoms with E-state index in [0.717, 1.165) is 0 Å². The summed E-state index contributed by atoms with van der Waals surface area (Å²) in [5.74, 6) is -15.8. The van der Waals surface area contributed by atoms with Crippen LogP contribution in [0.2, 0.25) is 0 Å². The summed E-state index contributed by atoms with van der Waals surface area (Å²) in [6.07, 6.45) is -12.8. The van der Waals surface area contributed by atoms with Crippen LogP contribution in [0.5, 0.6) is 0 Å². The molecule has 0 rings (SSSR count). The standard InChI is InChI=1S/C6H2F13NO4S2.Li.H/c7-1(8)2(9,10)25(21,22)20-26(23,24)6(18,19)4(13,14)3(11,12)5(15,16)17;;/h1,20H;;/q;+1;-1. The Balaban J connectivity index is -0.00000312. The first kappa shape index (κ1) is 28.8. The maximum atomic E-state index is 13.0. The van der Waals surface area contributed by atoms with Crippen LogP contribution in [-0.4, -0.2) is 51.8 Å². The van der Waals surface area contributed by atoms with Crippen molar-refractivity contribution in [2.75, 3.05) is 0 Å². The van der Waals surface area contributed by atoms with Crippen LogP contribution in [0.1, 0.15) is 1.43 Å². The Hall–Kier alpha value is -0.453. The van der Waals surface area contributed by atoms with E-state index >= 15 is 0 Å². The van der Waals surface area contributed by atoms with Crippen molar-refractivity contribution in [3.63, 3.8) is 0 Å². The molecule has 0 bridgehead atoms. The van der Waals surface area contributed by atoms with Crippen LogP contribution in [0.25, 0.3) is 0 Å². The molecule has 0 amide bonds. The van der Waals surface area contributed by atoms with E-state index in [-0.39, 0.29) is 20.3 Å². The van der Waals surface area contributed by atoms with Crippen molar-refractivity contribution in [3.05, 3.63) is 0 Å². The summed E-state index contributed by atoms with van der Waals surface area (Å²) in [4.78, 5) is 0. The molecule has 0 heterocycles. The van der Waals surface area contributed by atoms with Gasteiger partial charge in [-0.15, -0.1) is 0 Å². The second-order valence-electron chi connectivity index (χ2n) is 4.12. The van der Waals surface area contributed by atoms with E-state index in [0.29, 0.717) is 0 Å². The monoisotopic (exact) mass is 471 g/mol. The molecule has 0 saturated carbocycles. The number of halogens is 13. The summed E-state index contributed by atoms with van der Waals surface area (Å²) < 4.78 is 202. The van der Waals surface area contributed by atoms with Gasteiger partial charge in [-0.3, -0.25) is 0 Å². The quantitative estimate of drug-likeness (QED) is 0.407. The summed E-state index contributed by atoms with van der Waals surface area (Å²) >= 11 is 0. The zero-order valence-electron chi connectivity index (χ0n) is 12.9. The molecular formula is C6H3F13LiNO4S2. The second kappa shape index (κ2) is 7.42. The van der Waals surface area contributed by atoms with Crippen LogP contribution in [0.3, 0.4) is 0 Å². The Kier molecular flexibility index (Phi) is 7.90. The molecule has 0 atom stereocenters. The van der Waals surface area contributed by atoms with Crippen molar-refractivity contribution in [1.29, 1.82) is 0 Å². The van der Waals surface area contributed by atoms with Crippen molar-refractivity contribution < 1.29 is 94.2 Å². The first-order valence-electron chi connectivity index (χ1n) is 5.04. The minimum Gasteiger partial charge on any atom is -1.00 e. The van der Waals surface area contributed by atoms with Gasteiger partial charge in [0, 0.05) is 0 Å². The Morgan fingerprint density at radius 3 is 1.26 bits per heavy atom. The first-order chi connectivity index (χ1) is 10.9. The van der Waals surface area contributed by atoms with Gasteiger partial charge in [0.2, 0.25) is 0 Å². The SMILES string of the molecule is O=S(=O)(NS(=O)(=O)C(F)(F)C(F)(F)C(F)(F)C(F)(F)F)C(F)(F)C(F)F.[H-].[Li+]. The topological polar surface area (TPSA) is 80.3 Å². The maximum Gasteiger partial charge on any atom is 1.00 e. The van der Waals surface area contributed by atoms with Crippen molar-refractivity contribution >= 4 is 20.0 Å². The average Bonchev–Trinajstić information content (AvgIpc) is 2.34. The van der Waals surface area contributed by atoms with Gasteiger partial charge in [-0.1, -0.05) is 4.13 Å². The molecule has 5 nitrogen and oxygen atoms in total. The fraction of sp³-hybridized carbons (Fsp3) is 1.00. The van der Waals surface area contributed by atoms with Crippen molar-refractivity contribution in [3.8, 4) is 0 Å². The summed E-state index contributed by atoms with van der Waals surface area (Å²) in [5, 5.41) is -14.2. The molecule has 0 aliphatic heterocycles. The molecule has 0 aromatic rings. The van der Waals surface area contributed by atoms with Gasteiger partial charge >= 0.3 is 53.8 Å². The number of sulfonamides is 2. The minimum absolute atomic E-state index is 0. The summed E-state index contributed by atoms with van der Waals surface area (Å²) in [6.45, 7) is 0. The first-order valence-corrected chi connectivity index (χ1v) is 8.00. The molecule has 0 fully saturated rings. The van der Waals surface area contributed by atoms with Gasteiger partial charge in [0.05, 0.1) is 0 Å². The Morgan fingerprint density at radius 1 is 0.667 bits per heavy atom. The van der Waals surface area contributed by atoms with E-state index in [1.807, 2.05) is 0 Å². The molecule has 0 saturated heterocycles. The van der Waals surface area contributed by atoms with Gasteiger partial charge < -0.3 is 1.43 Å². The number of nitrogens with one attached hydrogen (secondary N) is 1. The number of hydrogen-bond donors (Lipinski definition) is 1. The van der Waals surface area contributed by atoms with Crippen LogP contribution in [0.4, 0.5) is 57.1 Å². The predicted molar refractivity (Wildman–Crippen MR) is 53.9 cm³/mol. The molecule has 27 heavy (non-hydrogen) atoms. The van der Waals surface area contributed by atoms with Gasteiger partial charge in [0.25, 0.3) is 20.0 Å². The number of rotatable bonds is 7. The van der Waals surface area contributed by atoms with Gasteiger partial charge in [-0.25, -0.2) is 25.6 Å². The minimum atomic E-state index is -8.05. The van der Waals surface area contributed by atoms with Gasteiger partial charge in [0.1, 0.15) is 0 Å². The van der Waals surface area contributed by atoms with Crippen LogP contribution < -0.4 is 23.0 Å². The Morgan fingerprint density at radius 2 is 1.00 bits per heavy atom. The molecule has 0 aromatic heterocycles. The summed E-state index contributed by atoms with van der Waals surface area (Å²) in [7, 11) is -15.6. The zero-order chi connectivity index (χ0) is 21.8. The molecular weight excluding hydrogens is 468 g/mol. The smallest absolute Gasteiger partial charge is 1.00 e. The fourth-order valence-corrected chi connectivity index (χ4v) is 3.62. The van der Waals surface area contributed by atoms with E-state index < -0.39 is 59.1 Å². The number of alkyl halides is 13. The molecule has 0 radical (unpaired) electrons. The van der Waals surface area contributed by atoms with E-state index in [2.05, 4.69) is 0 Å². The van der Waals surface area contributed by atoms with Crippen LogP contribution in [0.15, 0.2) is 0 Å². The van der Waals surface area contributed by atoms with Crippen molar-refractivity contribution in [1.82, 2.24) is 4.13 Å². The van der Waals surface area contributed by atoms with Crippen molar-refractivity contribution in [2.24, 2.45) is 0 Å². The predicted octanol–water partition coefficient (Wildman–Crippen LogP) is -0.364. The number of hydrogen-bond acceptors (Lipinski definition) is 4. The van der Waals surface area contributed by atoms with Crippen LogP contribution in [0, 0.1) is 0 Å². The maximum absolute atomic E-state index is 13.0. The fourth-order valence-electron chi connectivity index (χ4n) is 0.899. The molecule has 0 spiro atoms. The van der Waals surface area contributed by atoms with E-state index in [9.17, 15) is 73.9 Å². The second-order valence-corrected chi connectivity index (χ2v) is 7.85. The molecule has 1 N–H and O–H groups in total. The normalized spacial score (nSPS) is 15.6. The molecule has 160 valence electrons. The van der Waals surface area contributed by atoms with E-state index in [1.165, 1.54) is 0 Å². The third-order valence-corrected chi connectivity index (χ3v) is 5.87. The van der Waals surface area contributed by atoms with E-state index in [1.54, 1.807) is 0 Å². The molecule has 21 heteroatoms. The summed E-state index contributed by atoms with van der Waals surface area (Å²) in [6, 6.07) is 0. The third kappa shape index (κ3) is 4.43.